The van der Waals surface area contributed by atoms with Crippen LogP contribution in [0.5, 0.6) is 0 Å². The molecule has 56 valence electrons. The second-order valence-corrected chi connectivity index (χ2v) is 1.62. The minimum absolute atomic E-state index is 0.158. The van der Waals surface area contributed by atoms with Crippen LogP contribution in [-0.4, -0.2) is 19.2 Å². The van der Waals surface area contributed by atoms with Crippen LogP contribution in [0.25, 0.3) is 0 Å². The second-order valence-electron chi connectivity index (χ2n) is 1.62. The number of carbonyl (C=O) groups excluding carboxylic acids is 2. The molecule has 0 atom stereocenters. The van der Waals surface area contributed by atoms with Crippen LogP contribution in [0.4, 0.5) is 4.79 Å². The van der Waals surface area contributed by atoms with Crippen LogP contribution in [0, 0.1) is 0 Å². The predicted molar refractivity (Wildman–Crippen MR) is 33.3 cm³/mol. The molecule has 0 spiro atoms. The van der Waals surface area contributed by atoms with Crippen molar-refractivity contribution in [3.63, 3.8) is 0 Å². The molecule has 0 amide bonds. The molecule has 0 aliphatic carbocycles. The van der Waals surface area contributed by atoms with Gasteiger partial charge in [-0.15, -0.1) is 0 Å². The molecule has 0 fully saturated rings. The monoisotopic (exact) mass is 144 g/mol. The summed E-state index contributed by atoms with van der Waals surface area (Å²) in [4.78, 5) is 20.7. The topological polar surface area (TPSA) is 52.6 Å². The van der Waals surface area contributed by atoms with Crippen LogP contribution in [-0.2, 0) is 14.3 Å². The maximum Gasteiger partial charge on any atom is 0.516 e. The molecular formula is C6H8O4. The lowest BCUT2D eigenvalue weighted by Gasteiger charge is -1.97. The van der Waals surface area contributed by atoms with Gasteiger partial charge in [0.15, 0.2) is 0 Å². The Bertz CT molecular complexity index is 171. The van der Waals surface area contributed by atoms with Crippen molar-refractivity contribution in [2.24, 2.45) is 0 Å². The largest absolute Gasteiger partial charge is 0.516 e. The van der Waals surface area contributed by atoms with E-state index in [1.165, 1.54) is 6.92 Å². The molecular weight excluding hydrogens is 136 g/mol. The van der Waals surface area contributed by atoms with Gasteiger partial charge in [0.1, 0.15) is 0 Å². The number of ether oxygens (including phenoxy) is 2. The highest BCUT2D eigenvalue weighted by Gasteiger charge is 2.09. The average Bonchev–Trinajstić information content (AvgIpc) is 1.87. The minimum Gasteiger partial charge on any atom is -0.437 e. The molecule has 0 N–H and O–H groups in total. The summed E-state index contributed by atoms with van der Waals surface area (Å²) in [5.74, 6) is -0.771. The lowest BCUT2D eigenvalue weighted by Crippen LogP contribution is -2.12. The van der Waals surface area contributed by atoms with E-state index in [4.69, 9.17) is 0 Å². The quantitative estimate of drug-likeness (QED) is 0.311. The van der Waals surface area contributed by atoms with E-state index in [1.807, 2.05) is 0 Å². The molecule has 4 nitrogen and oxygen atoms in total. The van der Waals surface area contributed by atoms with E-state index in [0.717, 1.165) is 7.11 Å². The third-order valence-electron chi connectivity index (χ3n) is 0.691. The molecule has 0 aliphatic rings. The maximum atomic E-state index is 10.5. The van der Waals surface area contributed by atoms with E-state index < -0.39 is 12.1 Å². The second kappa shape index (κ2) is 3.66. The molecule has 0 saturated heterocycles. The van der Waals surface area contributed by atoms with Crippen LogP contribution in [0.15, 0.2) is 12.2 Å². The summed E-state index contributed by atoms with van der Waals surface area (Å²) in [6.45, 7) is 4.70. The van der Waals surface area contributed by atoms with Gasteiger partial charge in [0.2, 0.25) is 0 Å². The predicted octanol–water partition coefficient (Wildman–Crippen LogP) is 0.872. The third kappa shape index (κ3) is 2.86. The standard InChI is InChI=1S/C6H8O4/c1-4(2)5(7)10-6(8)9-3/h1H2,2-3H3. The van der Waals surface area contributed by atoms with E-state index in [-0.39, 0.29) is 5.57 Å². The first-order valence-corrected chi connectivity index (χ1v) is 2.53. The SMILES string of the molecule is C=C(C)C(=O)OC(=O)OC. The Morgan fingerprint density at radius 2 is 1.90 bits per heavy atom. The van der Waals surface area contributed by atoms with Crippen LogP contribution < -0.4 is 0 Å². The van der Waals surface area contributed by atoms with Crippen LogP contribution in [0.2, 0.25) is 0 Å². The molecule has 0 aromatic carbocycles. The molecule has 0 saturated carbocycles. The van der Waals surface area contributed by atoms with Crippen molar-refractivity contribution in [1.82, 2.24) is 0 Å². The van der Waals surface area contributed by atoms with Crippen LogP contribution in [0.1, 0.15) is 6.92 Å². The summed E-state index contributed by atoms with van der Waals surface area (Å²) in [5, 5.41) is 0. The van der Waals surface area contributed by atoms with Gasteiger partial charge in [0.05, 0.1) is 7.11 Å². The van der Waals surface area contributed by atoms with Crippen molar-refractivity contribution in [1.29, 1.82) is 0 Å². The number of methoxy groups -OCH3 is 1. The van der Waals surface area contributed by atoms with E-state index in [1.54, 1.807) is 0 Å². The summed E-state index contributed by atoms with van der Waals surface area (Å²) in [5.41, 5.74) is 0.158. The highest BCUT2D eigenvalue weighted by molar-refractivity contribution is 5.93. The van der Waals surface area contributed by atoms with Gasteiger partial charge in [-0.25, -0.2) is 9.59 Å². The van der Waals surface area contributed by atoms with Gasteiger partial charge in [-0.3, -0.25) is 0 Å². The summed E-state index contributed by atoms with van der Waals surface area (Å²) < 4.78 is 8.11. The molecule has 0 bridgehead atoms. The fourth-order valence-corrected chi connectivity index (χ4v) is 0.204. The highest BCUT2D eigenvalue weighted by Crippen LogP contribution is 1.93. The Morgan fingerprint density at radius 1 is 1.40 bits per heavy atom. The Balaban J connectivity index is 3.80. The maximum absolute atomic E-state index is 10.5. The third-order valence-corrected chi connectivity index (χ3v) is 0.691. The molecule has 0 unspecified atom stereocenters. The minimum atomic E-state index is -1.02. The first-order chi connectivity index (χ1) is 4.57. The van der Waals surface area contributed by atoms with Gasteiger partial charge < -0.3 is 9.47 Å². The zero-order valence-electron chi connectivity index (χ0n) is 5.84. The molecule has 0 radical (unpaired) electrons. The van der Waals surface area contributed by atoms with Crippen molar-refractivity contribution in [2.45, 2.75) is 6.92 Å². The van der Waals surface area contributed by atoms with E-state index in [9.17, 15) is 9.59 Å². The zero-order chi connectivity index (χ0) is 8.15. The zero-order valence-corrected chi connectivity index (χ0v) is 5.84. The van der Waals surface area contributed by atoms with Gasteiger partial charge in [-0.1, -0.05) is 6.58 Å². The molecule has 0 aromatic rings. The van der Waals surface area contributed by atoms with Crippen molar-refractivity contribution in [3.8, 4) is 0 Å². The van der Waals surface area contributed by atoms with E-state index in [2.05, 4.69) is 16.1 Å². The molecule has 0 aromatic heterocycles. The van der Waals surface area contributed by atoms with Gasteiger partial charge in [-0.2, -0.15) is 0 Å². The molecule has 10 heavy (non-hydrogen) atoms. The lowest BCUT2D eigenvalue weighted by molar-refractivity contribution is -0.134. The summed E-state index contributed by atoms with van der Waals surface area (Å²) in [7, 11) is 1.12. The number of hydrogen-bond donors (Lipinski definition) is 0. The molecule has 0 rings (SSSR count). The summed E-state index contributed by atoms with van der Waals surface area (Å²) in [6, 6.07) is 0. The smallest absolute Gasteiger partial charge is 0.437 e. The van der Waals surface area contributed by atoms with Crippen LogP contribution in [0.3, 0.4) is 0 Å². The molecule has 4 heteroatoms. The van der Waals surface area contributed by atoms with Gasteiger partial charge in [-0.05, 0) is 6.92 Å². The van der Waals surface area contributed by atoms with E-state index >= 15 is 0 Å². The van der Waals surface area contributed by atoms with Crippen LogP contribution >= 0.6 is 0 Å². The van der Waals surface area contributed by atoms with E-state index in [0.29, 0.717) is 0 Å². The Kier molecular flexibility index (Phi) is 3.17. The first kappa shape index (κ1) is 8.68. The first-order valence-electron chi connectivity index (χ1n) is 2.53. The van der Waals surface area contributed by atoms with Gasteiger partial charge in [0.25, 0.3) is 0 Å². The van der Waals surface area contributed by atoms with Gasteiger partial charge >= 0.3 is 12.1 Å². The molecule has 0 aliphatic heterocycles. The Hall–Kier alpha value is -1.32. The molecule has 0 heterocycles. The number of esters is 1. The van der Waals surface area contributed by atoms with Crippen molar-refractivity contribution in [2.75, 3.05) is 7.11 Å². The fraction of sp³-hybridized carbons (Fsp3) is 0.333. The Labute approximate surface area is 58.4 Å². The number of carbonyl (C=O) groups is 2. The fourth-order valence-electron chi connectivity index (χ4n) is 0.204. The number of hydrogen-bond acceptors (Lipinski definition) is 4. The van der Waals surface area contributed by atoms with Crippen molar-refractivity contribution < 1.29 is 19.1 Å². The summed E-state index contributed by atoms with van der Waals surface area (Å²) in [6.07, 6.45) is -1.02. The highest BCUT2D eigenvalue weighted by atomic mass is 16.7. The average molecular weight is 144 g/mol. The van der Waals surface area contributed by atoms with Crippen molar-refractivity contribution in [3.05, 3.63) is 12.2 Å². The summed E-state index contributed by atoms with van der Waals surface area (Å²) >= 11 is 0. The normalized spacial score (nSPS) is 8.20. The van der Waals surface area contributed by atoms with Crippen molar-refractivity contribution >= 4 is 12.1 Å². The Morgan fingerprint density at radius 3 is 2.20 bits per heavy atom. The lowest BCUT2D eigenvalue weighted by atomic mass is 10.4. The number of rotatable bonds is 1. The van der Waals surface area contributed by atoms with Gasteiger partial charge in [0, 0.05) is 5.57 Å².